The molecule has 0 aliphatic rings. The SMILES string of the molecule is CCCNC(CCc1nccn1C)c1ccc(Cl)s1. The number of nitrogens with zero attached hydrogens (tertiary/aromatic N) is 2. The molecule has 3 nitrogen and oxygen atoms in total. The monoisotopic (exact) mass is 297 g/mol. The van der Waals surface area contributed by atoms with Crippen molar-refractivity contribution in [3.63, 3.8) is 0 Å². The van der Waals surface area contributed by atoms with E-state index in [1.165, 1.54) is 4.88 Å². The van der Waals surface area contributed by atoms with Gasteiger partial charge in [-0.3, -0.25) is 0 Å². The minimum absolute atomic E-state index is 0.370. The summed E-state index contributed by atoms with van der Waals surface area (Å²) in [6, 6.07) is 4.47. The highest BCUT2D eigenvalue weighted by atomic mass is 35.5. The van der Waals surface area contributed by atoms with Crippen LogP contribution in [0.1, 0.15) is 36.5 Å². The average Bonchev–Trinajstić information content (AvgIpc) is 2.99. The van der Waals surface area contributed by atoms with Gasteiger partial charge in [0.15, 0.2) is 0 Å². The lowest BCUT2D eigenvalue weighted by Gasteiger charge is -2.17. The van der Waals surface area contributed by atoms with Gasteiger partial charge in [-0.1, -0.05) is 18.5 Å². The van der Waals surface area contributed by atoms with E-state index in [1.807, 2.05) is 25.5 Å². The Morgan fingerprint density at radius 3 is 2.89 bits per heavy atom. The number of aryl methyl sites for hydroxylation is 2. The minimum atomic E-state index is 0.370. The summed E-state index contributed by atoms with van der Waals surface area (Å²) >= 11 is 7.70. The standard InChI is InChI=1S/C14H20ClN3S/c1-3-8-16-11(12-5-6-13(15)19-12)4-7-14-17-9-10-18(14)2/h5-6,9-11,16H,3-4,7-8H2,1-2H3. The highest BCUT2D eigenvalue weighted by Gasteiger charge is 2.14. The number of halogens is 1. The van der Waals surface area contributed by atoms with Crippen molar-refractivity contribution in [1.29, 1.82) is 0 Å². The van der Waals surface area contributed by atoms with Crippen molar-refractivity contribution in [3.05, 3.63) is 39.6 Å². The zero-order valence-corrected chi connectivity index (χ0v) is 13.0. The molecule has 1 atom stereocenters. The molecule has 1 unspecified atom stereocenters. The molecule has 0 saturated heterocycles. The molecule has 0 spiro atoms. The maximum Gasteiger partial charge on any atom is 0.108 e. The summed E-state index contributed by atoms with van der Waals surface area (Å²) in [7, 11) is 2.04. The lowest BCUT2D eigenvalue weighted by atomic mass is 10.1. The van der Waals surface area contributed by atoms with Crippen LogP contribution in [0.5, 0.6) is 0 Å². The van der Waals surface area contributed by atoms with Crippen LogP contribution in [0.3, 0.4) is 0 Å². The Labute approximate surface area is 123 Å². The third kappa shape index (κ3) is 4.06. The lowest BCUT2D eigenvalue weighted by molar-refractivity contribution is 0.497. The second kappa shape index (κ2) is 7.08. The molecular formula is C14H20ClN3S. The van der Waals surface area contributed by atoms with Crippen LogP contribution in [0.2, 0.25) is 4.34 Å². The van der Waals surface area contributed by atoms with Crippen molar-refractivity contribution < 1.29 is 0 Å². The molecule has 2 aromatic rings. The van der Waals surface area contributed by atoms with Gasteiger partial charge in [-0.15, -0.1) is 11.3 Å². The Hall–Kier alpha value is -0.840. The second-order valence-electron chi connectivity index (χ2n) is 4.64. The first kappa shape index (κ1) is 14.6. The third-order valence-corrected chi connectivity index (χ3v) is 4.50. The van der Waals surface area contributed by atoms with Gasteiger partial charge in [0.2, 0.25) is 0 Å². The molecule has 0 bridgehead atoms. The molecule has 5 heteroatoms. The molecule has 1 N–H and O–H groups in total. The Bertz CT molecular complexity index is 506. The summed E-state index contributed by atoms with van der Waals surface area (Å²) in [5, 5.41) is 3.60. The number of thiophene rings is 1. The topological polar surface area (TPSA) is 29.9 Å². The van der Waals surface area contributed by atoms with Gasteiger partial charge in [-0.05, 0) is 31.5 Å². The van der Waals surface area contributed by atoms with E-state index in [-0.39, 0.29) is 0 Å². The Kier molecular flexibility index (Phi) is 5.43. The van der Waals surface area contributed by atoms with E-state index in [1.54, 1.807) is 11.3 Å². The molecule has 2 rings (SSSR count). The van der Waals surface area contributed by atoms with Crippen LogP contribution >= 0.6 is 22.9 Å². The largest absolute Gasteiger partial charge is 0.338 e. The van der Waals surface area contributed by atoms with Crippen LogP contribution in [0, 0.1) is 0 Å². The van der Waals surface area contributed by atoms with Gasteiger partial charge in [-0.2, -0.15) is 0 Å². The van der Waals surface area contributed by atoms with Gasteiger partial charge in [-0.25, -0.2) is 4.98 Å². The van der Waals surface area contributed by atoms with E-state index in [2.05, 4.69) is 27.9 Å². The number of aromatic nitrogens is 2. The van der Waals surface area contributed by atoms with Gasteiger partial charge in [0.05, 0.1) is 4.34 Å². The quantitative estimate of drug-likeness (QED) is 0.842. The van der Waals surface area contributed by atoms with E-state index >= 15 is 0 Å². The number of hydrogen-bond acceptors (Lipinski definition) is 3. The first-order chi connectivity index (χ1) is 9.20. The van der Waals surface area contributed by atoms with Gasteiger partial charge < -0.3 is 9.88 Å². The molecule has 2 heterocycles. The molecule has 0 aliphatic heterocycles. The highest BCUT2D eigenvalue weighted by molar-refractivity contribution is 7.16. The van der Waals surface area contributed by atoms with E-state index in [0.717, 1.165) is 36.0 Å². The molecule has 0 fully saturated rings. The fourth-order valence-electron chi connectivity index (χ4n) is 2.09. The summed E-state index contributed by atoms with van der Waals surface area (Å²) in [5.74, 6) is 1.13. The first-order valence-corrected chi connectivity index (χ1v) is 7.85. The van der Waals surface area contributed by atoms with E-state index in [0.29, 0.717) is 6.04 Å². The van der Waals surface area contributed by atoms with E-state index in [4.69, 9.17) is 11.6 Å². The molecule has 104 valence electrons. The second-order valence-corrected chi connectivity index (χ2v) is 6.39. The highest BCUT2D eigenvalue weighted by Crippen LogP contribution is 2.29. The predicted molar refractivity (Wildman–Crippen MR) is 81.9 cm³/mol. The first-order valence-electron chi connectivity index (χ1n) is 6.65. The van der Waals surface area contributed by atoms with E-state index in [9.17, 15) is 0 Å². The zero-order valence-electron chi connectivity index (χ0n) is 11.4. The minimum Gasteiger partial charge on any atom is -0.338 e. The van der Waals surface area contributed by atoms with Crippen LogP contribution in [0.15, 0.2) is 24.5 Å². The van der Waals surface area contributed by atoms with Crippen LogP contribution in [-0.4, -0.2) is 16.1 Å². The lowest BCUT2D eigenvalue weighted by Crippen LogP contribution is -2.22. The van der Waals surface area contributed by atoms with Crippen molar-refractivity contribution in [2.75, 3.05) is 6.54 Å². The summed E-state index contributed by atoms with van der Waals surface area (Å²) in [5.41, 5.74) is 0. The van der Waals surface area contributed by atoms with Gasteiger partial charge >= 0.3 is 0 Å². The predicted octanol–water partition coefficient (Wildman–Crippen LogP) is 3.81. The maximum absolute atomic E-state index is 6.04. The molecule has 0 radical (unpaired) electrons. The van der Waals surface area contributed by atoms with E-state index < -0.39 is 0 Å². The summed E-state index contributed by atoms with van der Waals surface area (Å²) < 4.78 is 2.94. The van der Waals surface area contributed by atoms with Crippen LogP contribution < -0.4 is 5.32 Å². The number of imidazole rings is 1. The molecule has 0 amide bonds. The fraction of sp³-hybridized carbons (Fsp3) is 0.500. The summed E-state index contributed by atoms with van der Waals surface area (Å²) in [6.45, 7) is 3.21. The van der Waals surface area contributed by atoms with Crippen molar-refractivity contribution in [1.82, 2.24) is 14.9 Å². The van der Waals surface area contributed by atoms with Crippen LogP contribution in [0.25, 0.3) is 0 Å². The average molecular weight is 298 g/mol. The van der Waals surface area contributed by atoms with Gasteiger partial charge in [0.25, 0.3) is 0 Å². The Morgan fingerprint density at radius 2 is 2.32 bits per heavy atom. The van der Waals surface area contributed by atoms with Crippen molar-refractivity contribution in [2.45, 2.75) is 32.2 Å². The molecule has 0 saturated carbocycles. The normalized spacial score (nSPS) is 12.8. The molecular weight excluding hydrogens is 278 g/mol. The summed E-state index contributed by atoms with van der Waals surface area (Å²) in [4.78, 5) is 5.69. The molecule has 0 aromatic carbocycles. The van der Waals surface area contributed by atoms with Gasteiger partial charge in [0, 0.05) is 36.8 Å². The number of hydrogen-bond donors (Lipinski definition) is 1. The Balaban J connectivity index is 1.99. The molecule has 2 aromatic heterocycles. The van der Waals surface area contributed by atoms with Crippen molar-refractivity contribution in [3.8, 4) is 0 Å². The smallest absolute Gasteiger partial charge is 0.108 e. The van der Waals surface area contributed by atoms with Crippen LogP contribution in [0.4, 0.5) is 0 Å². The molecule has 19 heavy (non-hydrogen) atoms. The zero-order chi connectivity index (χ0) is 13.7. The molecule has 0 aliphatic carbocycles. The summed E-state index contributed by atoms with van der Waals surface area (Å²) in [6.07, 6.45) is 7.00. The van der Waals surface area contributed by atoms with Crippen LogP contribution in [-0.2, 0) is 13.5 Å². The third-order valence-electron chi connectivity index (χ3n) is 3.16. The Morgan fingerprint density at radius 1 is 1.47 bits per heavy atom. The number of rotatable bonds is 7. The van der Waals surface area contributed by atoms with Crippen molar-refractivity contribution >= 4 is 22.9 Å². The van der Waals surface area contributed by atoms with Crippen molar-refractivity contribution in [2.24, 2.45) is 7.05 Å². The maximum atomic E-state index is 6.04. The number of nitrogens with one attached hydrogen (secondary N) is 1. The van der Waals surface area contributed by atoms with Gasteiger partial charge in [0.1, 0.15) is 5.82 Å². The fourth-order valence-corrected chi connectivity index (χ4v) is 3.26.